The van der Waals surface area contributed by atoms with Crippen LogP contribution in [0.5, 0.6) is 0 Å². The Hall–Kier alpha value is -1.76. The fourth-order valence-electron chi connectivity index (χ4n) is 3.45. The van der Waals surface area contributed by atoms with Crippen molar-refractivity contribution < 1.29 is 14.3 Å². The first-order valence-electron chi connectivity index (χ1n) is 8.99. The standard InChI is InChI=1S/C18H25N3O3S/c1-2-24-17(22)14-7-5-13(6-8-14)12-20-18(23)21-10-11-25-16-15(21)4-3-9-19-16/h3-4,9,13-14H,2,5-8,10-12H2,1H3,(H,20,23). The largest absolute Gasteiger partial charge is 0.466 e. The van der Waals surface area contributed by atoms with Crippen molar-refractivity contribution in [3.05, 3.63) is 18.3 Å². The number of nitrogens with zero attached hydrogens (tertiary/aromatic N) is 2. The van der Waals surface area contributed by atoms with Crippen LogP contribution in [0.3, 0.4) is 0 Å². The fourth-order valence-corrected chi connectivity index (χ4v) is 4.38. The summed E-state index contributed by atoms with van der Waals surface area (Å²) >= 11 is 1.69. The molecular formula is C18H25N3O3S. The van der Waals surface area contributed by atoms with E-state index < -0.39 is 0 Å². The smallest absolute Gasteiger partial charge is 0.321 e. The number of nitrogens with one attached hydrogen (secondary N) is 1. The van der Waals surface area contributed by atoms with E-state index in [9.17, 15) is 9.59 Å². The van der Waals surface area contributed by atoms with Crippen LogP contribution in [0.1, 0.15) is 32.6 Å². The minimum absolute atomic E-state index is 0.0315. The van der Waals surface area contributed by atoms with Crippen LogP contribution in [0, 0.1) is 11.8 Å². The van der Waals surface area contributed by atoms with Gasteiger partial charge in [-0.2, -0.15) is 0 Å². The molecule has 3 rings (SSSR count). The van der Waals surface area contributed by atoms with Crippen LogP contribution in [0.15, 0.2) is 23.4 Å². The molecule has 0 aromatic carbocycles. The maximum absolute atomic E-state index is 12.6. The van der Waals surface area contributed by atoms with Crippen molar-refractivity contribution in [2.75, 3.05) is 30.3 Å². The SMILES string of the molecule is CCOC(=O)C1CCC(CNC(=O)N2CCSc3ncccc32)CC1. The summed E-state index contributed by atoms with van der Waals surface area (Å²) in [5, 5.41) is 3.98. The lowest BCUT2D eigenvalue weighted by Gasteiger charge is -2.30. The van der Waals surface area contributed by atoms with E-state index in [1.807, 2.05) is 19.1 Å². The number of esters is 1. The molecule has 1 aromatic heterocycles. The fraction of sp³-hybridized carbons (Fsp3) is 0.611. The summed E-state index contributed by atoms with van der Waals surface area (Å²) in [5.41, 5.74) is 0.891. The minimum atomic E-state index is -0.0695. The van der Waals surface area contributed by atoms with E-state index in [1.165, 1.54) is 0 Å². The Bertz CT molecular complexity index is 617. The molecule has 2 aliphatic rings. The van der Waals surface area contributed by atoms with Gasteiger partial charge in [0.2, 0.25) is 0 Å². The first-order valence-corrected chi connectivity index (χ1v) is 9.97. The normalized spacial score (nSPS) is 22.8. The Balaban J connectivity index is 1.47. The van der Waals surface area contributed by atoms with Crippen molar-refractivity contribution in [2.24, 2.45) is 11.8 Å². The number of thioether (sulfide) groups is 1. The molecule has 1 aliphatic heterocycles. The number of carbonyl (C=O) groups excluding carboxylic acids is 2. The van der Waals surface area contributed by atoms with E-state index in [0.29, 0.717) is 25.6 Å². The van der Waals surface area contributed by atoms with Gasteiger partial charge in [0.15, 0.2) is 0 Å². The third-order valence-electron chi connectivity index (χ3n) is 4.85. The quantitative estimate of drug-likeness (QED) is 0.833. The number of urea groups is 1. The molecule has 6 nitrogen and oxygen atoms in total. The topological polar surface area (TPSA) is 71.5 Å². The number of hydrogen-bond donors (Lipinski definition) is 1. The van der Waals surface area contributed by atoms with Gasteiger partial charge in [-0.15, -0.1) is 11.8 Å². The molecule has 7 heteroatoms. The van der Waals surface area contributed by atoms with Gasteiger partial charge in [0, 0.05) is 25.0 Å². The van der Waals surface area contributed by atoms with Crippen molar-refractivity contribution >= 4 is 29.4 Å². The van der Waals surface area contributed by atoms with Crippen molar-refractivity contribution in [1.82, 2.24) is 10.3 Å². The van der Waals surface area contributed by atoms with Gasteiger partial charge >= 0.3 is 12.0 Å². The first kappa shape index (κ1) is 18.0. The average molecular weight is 363 g/mol. The first-order chi connectivity index (χ1) is 12.2. The molecule has 0 bridgehead atoms. The molecule has 1 fully saturated rings. The van der Waals surface area contributed by atoms with E-state index in [2.05, 4.69) is 10.3 Å². The molecule has 0 spiro atoms. The van der Waals surface area contributed by atoms with Crippen molar-refractivity contribution in [2.45, 2.75) is 37.6 Å². The van der Waals surface area contributed by atoms with Crippen LogP contribution < -0.4 is 10.2 Å². The molecular weight excluding hydrogens is 338 g/mol. The highest BCUT2D eigenvalue weighted by Crippen LogP contribution is 2.33. The number of anilines is 1. The summed E-state index contributed by atoms with van der Waals surface area (Å²) in [6.07, 6.45) is 5.38. The zero-order valence-electron chi connectivity index (χ0n) is 14.6. The number of fused-ring (bicyclic) bond motifs is 1. The summed E-state index contributed by atoms with van der Waals surface area (Å²) in [7, 11) is 0. The molecule has 25 heavy (non-hydrogen) atoms. The molecule has 0 radical (unpaired) electrons. The molecule has 0 unspecified atom stereocenters. The van der Waals surface area contributed by atoms with Crippen LogP contribution in [0.2, 0.25) is 0 Å². The van der Waals surface area contributed by atoms with Gasteiger partial charge in [-0.25, -0.2) is 9.78 Å². The summed E-state index contributed by atoms with van der Waals surface area (Å²) in [6, 6.07) is 3.75. The predicted octanol–water partition coefficient (Wildman–Crippen LogP) is 3.07. The van der Waals surface area contributed by atoms with Crippen LogP contribution in [0.4, 0.5) is 10.5 Å². The second-order valence-corrected chi connectivity index (χ2v) is 7.57. The van der Waals surface area contributed by atoms with Crippen LogP contribution in [-0.4, -0.2) is 42.4 Å². The highest BCUT2D eigenvalue weighted by atomic mass is 32.2. The van der Waals surface area contributed by atoms with Gasteiger partial charge in [0.25, 0.3) is 0 Å². The second kappa shape index (κ2) is 8.56. The summed E-state index contributed by atoms with van der Waals surface area (Å²) < 4.78 is 5.10. The van der Waals surface area contributed by atoms with E-state index in [4.69, 9.17) is 4.74 Å². The van der Waals surface area contributed by atoms with Crippen molar-refractivity contribution in [3.63, 3.8) is 0 Å². The van der Waals surface area contributed by atoms with Crippen LogP contribution >= 0.6 is 11.8 Å². The Morgan fingerprint density at radius 1 is 1.36 bits per heavy atom. The van der Waals surface area contributed by atoms with Crippen LogP contribution in [-0.2, 0) is 9.53 Å². The highest BCUT2D eigenvalue weighted by molar-refractivity contribution is 7.99. The van der Waals surface area contributed by atoms with Crippen molar-refractivity contribution in [3.8, 4) is 0 Å². The minimum Gasteiger partial charge on any atom is -0.466 e. The summed E-state index contributed by atoms with van der Waals surface area (Å²) in [6.45, 7) is 3.64. The van der Waals surface area contributed by atoms with E-state index >= 15 is 0 Å². The zero-order valence-corrected chi connectivity index (χ0v) is 15.4. The number of rotatable bonds is 4. The maximum Gasteiger partial charge on any atom is 0.321 e. The molecule has 0 saturated heterocycles. The Morgan fingerprint density at radius 2 is 2.16 bits per heavy atom. The molecule has 0 atom stereocenters. The zero-order chi connectivity index (χ0) is 17.6. The third kappa shape index (κ3) is 4.45. The molecule has 1 saturated carbocycles. The van der Waals surface area contributed by atoms with Gasteiger partial charge < -0.3 is 10.1 Å². The lowest BCUT2D eigenvalue weighted by Crippen LogP contribution is -2.45. The van der Waals surface area contributed by atoms with Gasteiger partial charge in [0.05, 0.1) is 18.2 Å². The van der Waals surface area contributed by atoms with Crippen molar-refractivity contribution in [1.29, 1.82) is 0 Å². The molecule has 1 aliphatic carbocycles. The van der Waals surface area contributed by atoms with E-state index in [-0.39, 0.29) is 17.9 Å². The molecule has 2 heterocycles. The highest BCUT2D eigenvalue weighted by Gasteiger charge is 2.28. The van der Waals surface area contributed by atoms with E-state index in [1.54, 1.807) is 22.9 Å². The van der Waals surface area contributed by atoms with Gasteiger partial charge in [0.1, 0.15) is 5.03 Å². The summed E-state index contributed by atoms with van der Waals surface area (Å²) in [4.78, 5) is 30.5. The average Bonchev–Trinajstić information content (AvgIpc) is 2.66. The third-order valence-corrected chi connectivity index (χ3v) is 5.82. The number of amides is 2. The Kier molecular flexibility index (Phi) is 6.18. The summed E-state index contributed by atoms with van der Waals surface area (Å²) in [5.74, 6) is 1.26. The lowest BCUT2D eigenvalue weighted by molar-refractivity contribution is -0.149. The monoisotopic (exact) mass is 363 g/mol. The van der Waals surface area contributed by atoms with Gasteiger partial charge in [-0.05, 0) is 50.7 Å². The number of ether oxygens (including phenoxy) is 1. The molecule has 136 valence electrons. The lowest BCUT2D eigenvalue weighted by atomic mass is 9.82. The number of aromatic nitrogens is 1. The second-order valence-electron chi connectivity index (χ2n) is 6.48. The van der Waals surface area contributed by atoms with E-state index in [0.717, 1.165) is 42.1 Å². The maximum atomic E-state index is 12.6. The molecule has 1 aromatic rings. The molecule has 2 amide bonds. The van der Waals surface area contributed by atoms with Crippen LogP contribution in [0.25, 0.3) is 0 Å². The number of pyridine rings is 1. The van der Waals surface area contributed by atoms with Gasteiger partial charge in [-0.3, -0.25) is 9.69 Å². The molecule has 1 N–H and O–H groups in total. The number of hydrogen-bond acceptors (Lipinski definition) is 5. The predicted molar refractivity (Wildman–Crippen MR) is 97.8 cm³/mol. The Labute approximate surface area is 152 Å². The number of carbonyl (C=O) groups is 2. The Morgan fingerprint density at radius 3 is 2.92 bits per heavy atom. The van der Waals surface area contributed by atoms with Gasteiger partial charge in [-0.1, -0.05) is 0 Å².